The fraction of sp³-hybridized carbons (Fsp3) is 0.636. The van der Waals surface area contributed by atoms with Crippen molar-refractivity contribution in [2.45, 2.75) is 71.1 Å². The summed E-state index contributed by atoms with van der Waals surface area (Å²) in [5.41, 5.74) is 7.11. The Morgan fingerprint density at radius 2 is 1.72 bits per heavy atom. The smallest absolute Gasteiger partial charge is 0.407 e. The van der Waals surface area contributed by atoms with E-state index in [1.807, 2.05) is 20.8 Å². The van der Waals surface area contributed by atoms with Crippen LogP contribution in [-0.4, -0.2) is 35.3 Å². The van der Waals surface area contributed by atoms with Crippen LogP contribution in [0.2, 0.25) is 0 Å². The number of nitrogens with two attached hydrogens (primary N) is 1. The summed E-state index contributed by atoms with van der Waals surface area (Å²) in [6, 6.07) is 6.52. The lowest BCUT2D eigenvalue weighted by molar-refractivity contribution is -0.117. The van der Waals surface area contributed by atoms with E-state index in [4.69, 9.17) is 15.6 Å². The fourth-order valence-electron chi connectivity index (χ4n) is 3.61. The molecule has 1 aliphatic carbocycles. The van der Waals surface area contributed by atoms with Gasteiger partial charge in [-0.3, -0.25) is 4.79 Å². The van der Waals surface area contributed by atoms with Crippen LogP contribution in [-0.2, 0) is 16.1 Å². The summed E-state index contributed by atoms with van der Waals surface area (Å²) >= 11 is 0. The first kappa shape index (κ1) is 23.2. The Kier molecular flexibility index (Phi) is 8.46. The number of carbonyl (C=O) groups is 2. The van der Waals surface area contributed by atoms with E-state index in [1.165, 1.54) is 0 Å². The Labute approximate surface area is 173 Å². The van der Waals surface area contributed by atoms with Crippen LogP contribution in [0, 0.1) is 11.8 Å². The monoisotopic (exact) mass is 405 g/mol. The van der Waals surface area contributed by atoms with Crippen LogP contribution in [0.4, 0.5) is 10.5 Å². The van der Waals surface area contributed by atoms with E-state index in [2.05, 4.69) is 10.6 Å². The van der Waals surface area contributed by atoms with Crippen molar-refractivity contribution in [1.29, 1.82) is 0 Å². The molecule has 0 spiro atoms. The third-order valence-electron chi connectivity index (χ3n) is 5.23. The zero-order valence-corrected chi connectivity index (χ0v) is 17.7. The molecule has 0 heterocycles. The number of aliphatic hydroxyl groups is 1. The Hall–Kier alpha value is -2.12. The topological polar surface area (TPSA) is 114 Å². The van der Waals surface area contributed by atoms with Gasteiger partial charge >= 0.3 is 6.09 Å². The lowest BCUT2D eigenvalue weighted by Gasteiger charge is -2.30. The number of aliphatic hydroxyl groups excluding tert-OH is 1. The van der Waals surface area contributed by atoms with E-state index < -0.39 is 11.6 Å². The Bertz CT molecular complexity index is 662. The van der Waals surface area contributed by atoms with Gasteiger partial charge < -0.3 is 26.2 Å². The molecule has 1 aromatic carbocycles. The summed E-state index contributed by atoms with van der Waals surface area (Å²) in [4.78, 5) is 24.1. The molecule has 0 aliphatic heterocycles. The number of anilines is 1. The molecule has 5 N–H and O–H groups in total. The van der Waals surface area contributed by atoms with Gasteiger partial charge in [-0.05, 0) is 69.6 Å². The summed E-state index contributed by atoms with van der Waals surface area (Å²) < 4.78 is 5.27. The van der Waals surface area contributed by atoms with E-state index in [9.17, 15) is 9.59 Å². The van der Waals surface area contributed by atoms with Crippen LogP contribution in [0.25, 0.3) is 0 Å². The van der Waals surface area contributed by atoms with Crippen LogP contribution in [0.5, 0.6) is 0 Å². The minimum atomic E-state index is -0.547. The first-order valence-corrected chi connectivity index (χ1v) is 10.4. The van der Waals surface area contributed by atoms with Crippen molar-refractivity contribution in [3.63, 3.8) is 0 Å². The van der Waals surface area contributed by atoms with Crippen molar-refractivity contribution in [2.75, 3.05) is 11.9 Å². The first-order valence-electron chi connectivity index (χ1n) is 10.4. The Morgan fingerprint density at radius 3 is 2.28 bits per heavy atom. The first-order chi connectivity index (χ1) is 13.7. The van der Waals surface area contributed by atoms with Crippen LogP contribution in [0.15, 0.2) is 24.3 Å². The largest absolute Gasteiger partial charge is 0.444 e. The van der Waals surface area contributed by atoms with Crippen molar-refractivity contribution in [3.8, 4) is 0 Å². The van der Waals surface area contributed by atoms with Crippen LogP contribution in [0.1, 0.15) is 58.4 Å². The van der Waals surface area contributed by atoms with Gasteiger partial charge in [0.15, 0.2) is 0 Å². The summed E-state index contributed by atoms with van der Waals surface area (Å²) in [5.74, 6) is 0.676. The summed E-state index contributed by atoms with van der Waals surface area (Å²) in [5, 5.41) is 14.8. The van der Waals surface area contributed by atoms with Gasteiger partial charge in [0, 0.05) is 12.2 Å². The summed E-state index contributed by atoms with van der Waals surface area (Å²) in [6.45, 7) is 6.14. The lowest BCUT2D eigenvalue weighted by Crippen LogP contribution is -2.39. The summed E-state index contributed by atoms with van der Waals surface area (Å²) in [7, 11) is 0. The predicted molar refractivity (Wildman–Crippen MR) is 113 cm³/mol. The maximum Gasteiger partial charge on any atom is 0.407 e. The Balaban J connectivity index is 1.68. The SMILES string of the molecule is CC(C)(C)OC(=O)NCC1CCC(CC(N)C(=O)Nc2ccc(CO)cc2)CC1. The average Bonchev–Trinajstić information content (AvgIpc) is 2.66. The molecule has 1 unspecified atom stereocenters. The maximum atomic E-state index is 12.3. The molecule has 0 radical (unpaired) electrons. The van der Waals surface area contributed by atoms with Gasteiger partial charge in [-0.1, -0.05) is 25.0 Å². The van der Waals surface area contributed by atoms with E-state index in [-0.39, 0.29) is 18.6 Å². The molecule has 1 atom stereocenters. The molecule has 1 aromatic rings. The Morgan fingerprint density at radius 1 is 1.14 bits per heavy atom. The van der Waals surface area contributed by atoms with Crippen molar-refractivity contribution in [1.82, 2.24) is 5.32 Å². The number of nitrogens with one attached hydrogen (secondary N) is 2. The lowest BCUT2D eigenvalue weighted by atomic mass is 9.79. The molecule has 0 saturated heterocycles. The van der Waals surface area contributed by atoms with E-state index in [1.54, 1.807) is 24.3 Å². The molecule has 7 nitrogen and oxygen atoms in total. The number of rotatable bonds is 7. The van der Waals surface area contributed by atoms with Crippen LogP contribution >= 0.6 is 0 Å². The minimum Gasteiger partial charge on any atom is -0.444 e. The zero-order chi connectivity index (χ0) is 21.4. The second-order valence-corrected chi connectivity index (χ2v) is 8.96. The van der Waals surface area contributed by atoms with Gasteiger partial charge in [-0.15, -0.1) is 0 Å². The number of amides is 2. The molecular formula is C22H35N3O4. The van der Waals surface area contributed by atoms with Crippen molar-refractivity contribution in [3.05, 3.63) is 29.8 Å². The van der Waals surface area contributed by atoms with E-state index >= 15 is 0 Å². The number of hydrogen-bond donors (Lipinski definition) is 4. The molecule has 2 rings (SSSR count). The molecule has 162 valence electrons. The number of hydrogen-bond acceptors (Lipinski definition) is 5. The van der Waals surface area contributed by atoms with Crippen LogP contribution < -0.4 is 16.4 Å². The average molecular weight is 406 g/mol. The standard InChI is InChI=1S/C22H35N3O4/c1-22(2,3)29-21(28)24-13-16-6-4-15(5-7-16)12-19(23)20(27)25-18-10-8-17(14-26)9-11-18/h8-11,15-16,19,26H,4-7,12-14,23H2,1-3H3,(H,24,28)(H,25,27). The molecule has 0 aromatic heterocycles. The molecule has 1 fully saturated rings. The number of ether oxygens (including phenoxy) is 1. The minimum absolute atomic E-state index is 0.0241. The second kappa shape index (κ2) is 10.6. The van der Waals surface area contributed by atoms with Gasteiger partial charge in [0.05, 0.1) is 12.6 Å². The maximum absolute atomic E-state index is 12.3. The van der Waals surface area contributed by atoms with Crippen LogP contribution in [0.3, 0.4) is 0 Å². The molecule has 1 saturated carbocycles. The van der Waals surface area contributed by atoms with Gasteiger partial charge in [-0.25, -0.2) is 4.79 Å². The molecule has 29 heavy (non-hydrogen) atoms. The number of alkyl carbamates (subject to hydrolysis) is 1. The molecule has 7 heteroatoms. The highest BCUT2D eigenvalue weighted by Gasteiger charge is 2.26. The van der Waals surface area contributed by atoms with Crippen molar-refractivity contribution >= 4 is 17.7 Å². The van der Waals surface area contributed by atoms with Gasteiger partial charge in [0.25, 0.3) is 0 Å². The summed E-state index contributed by atoms with van der Waals surface area (Å²) in [6.07, 6.45) is 4.33. The fourth-order valence-corrected chi connectivity index (χ4v) is 3.61. The number of benzene rings is 1. The van der Waals surface area contributed by atoms with Crippen molar-refractivity contribution in [2.24, 2.45) is 17.6 Å². The van der Waals surface area contributed by atoms with E-state index in [0.29, 0.717) is 30.5 Å². The molecule has 2 amide bonds. The quantitative estimate of drug-likeness (QED) is 0.556. The third kappa shape index (κ3) is 8.41. The van der Waals surface area contributed by atoms with Gasteiger partial charge in [0.1, 0.15) is 5.60 Å². The molecule has 0 bridgehead atoms. The predicted octanol–water partition coefficient (Wildman–Crippen LogP) is 3.17. The zero-order valence-electron chi connectivity index (χ0n) is 17.7. The highest BCUT2D eigenvalue weighted by molar-refractivity contribution is 5.94. The second-order valence-electron chi connectivity index (χ2n) is 8.96. The van der Waals surface area contributed by atoms with Crippen molar-refractivity contribution < 1.29 is 19.4 Å². The highest BCUT2D eigenvalue weighted by atomic mass is 16.6. The van der Waals surface area contributed by atoms with Gasteiger partial charge in [-0.2, -0.15) is 0 Å². The normalized spacial score (nSPS) is 20.6. The van der Waals surface area contributed by atoms with Gasteiger partial charge in [0.2, 0.25) is 5.91 Å². The third-order valence-corrected chi connectivity index (χ3v) is 5.23. The highest BCUT2D eigenvalue weighted by Crippen LogP contribution is 2.31. The molecular weight excluding hydrogens is 370 g/mol. The van der Waals surface area contributed by atoms with E-state index in [0.717, 1.165) is 31.2 Å². The molecule has 1 aliphatic rings. The number of carbonyl (C=O) groups excluding carboxylic acids is 2.